The molecule has 1 aliphatic rings. The van der Waals surface area contributed by atoms with Crippen molar-refractivity contribution in [2.45, 2.75) is 31.9 Å². The maximum atomic E-state index is 5.87. The second-order valence-corrected chi connectivity index (χ2v) is 4.61. The van der Waals surface area contributed by atoms with Crippen molar-refractivity contribution in [2.75, 3.05) is 25.1 Å². The highest BCUT2D eigenvalue weighted by Gasteiger charge is 2.28. The standard InChI is InChI=1S/C13H21N3O/c1-10-4-3-6-15-13(10)16-7-5-12(17-2)8-11(16)9-14/h3-4,6,11-12H,5,7-9,14H2,1-2H3. The largest absolute Gasteiger partial charge is 0.381 e. The Labute approximate surface area is 103 Å². The number of ether oxygens (including phenoxy) is 1. The van der Waals surface area contributed by atoms with Crippen molar-refractivity contribution < 1.29 is 4.74 Å². The average molecular weight is 235 g/mol. The van der Waals surface area contributed by atoms with Gasteiger partial charge in [-0.1, -0.05) is 6.07 Å². The van der Waals surface area contributed by atoms with Gasteiger partial charge < -0.3 is 15.4 Å². The molecule has 0 saturated carbocycles. The van der Waals surface area contributed by atoms with Crippen molar-refractivity contribution in [1.82, 2.24) is 4.98 Å². The summed E-state index contributed by atoms with van der Waals surface area (Å²) in [4.78, 5) is 6.80. The predicted octanol–water partition coefficient (Wildman–Crippen LogP) is 1.33. The summed E-state index contributed by atoms with van der Waals surface area (Å²) in [5.74, 6) is 1.07. The fourth-order valence-electron chi connectivity index (χ4n) is 2.51. The lowest BCUT2D eigenvalue weighted by Crippen LogP contribution is -2.49. The predicted molar refractivity (Wildman–Crippen MR) is 69.2 cm³/mol. The van der Waals surface area contributed by atoms with Gasteiger partial charge in [0.25, 0.3) is 0 Å². The second-order valence-electron chi connectivity index (χ2n) is 4.61. The van der Waals surface area contributed by atoms with Crippen LogP contribution in [0, 0.1) is 6.92 Å². The van der Waals surface area contributed by atoms with Crippen LogP contribution in [0.2, 0.25) is 0 Å². The summed E-state index contributed by atoms with van der Waals surface area (Å²) in [6.45, 7) is 3.71. The molecule has 2 unspecified atom stereocenters. The number of aromatic nitrogens is 1. The van der Waals surface area contributed by atoms with E-state index in [1.165, 1.54) is 5.56 Å². The van der Waals surface area contributed by atoms with Crippen molar-refractivity contribution in [3.8, 4) is 0 Å². The normalized spacial score (nSPS) is 25.0. The molecule has 0 spiro atoms. The molecule has 2 atom stereocenters. The molecule has 2 N–H and O–H groups in total. The van der Waals surface area contributed by atoms with Gasteiger partial charge in [-0.25, -0.2) is 4.98 Å². The van der Waals surface area contributed by atoms with Crippen LogP contribution in [0.15, 0.2) is 18.3 Å². The molecule has 0 radical (unpaired) electrons. The van der Waals surface area contributed by atoms with Gasteiger partial charge in [-0.05, 0) is 31.4 Å². The molecule has 1 aromatic rings. The Bertz CT molecular complexity index is 369. The summed E-state index contributed by atoms with van der Waals surface area (Å²) in [5, 5.41) is 0. The minimum absolute atomic E-state index is 0.335. The van der Waals surface area contributed by atoms with Crippen LogP contribution in [0.1, 0.15) is 18.4 Å². The first-order chi connectivity index (χ1) is 8.26. The van der Waals surface area contributed by atoms with Gasteiger partial charge in [-0.2, -0.15) is 0 Å². The summed E-state index contributed by atoms with van der Waals surface area (Å²) < 4.78 is 5.44. The van der Waals surface area contributed by atoms with Crippen molar-refractivity contribution in [2.24, 2.45) is 5.73 Å². The van der Waals surface area contributed by atoms with E-state index in [0.717, 1.165) is 25.2 Å². The van der Waals surface area contributed by atoms with Gasteiger partial charge in [0.1, 0.15) is 5.82 Å². The first-order valence-electron chi connectivity index (χ1n) is 6.17. The second kappa shape index (κ2) is 5.47. The zero-order valence-electron chi connectivity index (χ0n) is 10.6. The highest BCUT2D eigenvalue weighted by Crippen LogP contribution is 2.26. The number of hydrogen-bond acceptors (Lipinski definition) is 4. The summed E-state index contributed by atoms with van der Waals surface area (Å²) in [5.41, 5.74) is 7.08. The molecular weight excluding hydrogens is 214 g/mol. The molecule has 0 aliphatic carbocycles. The number of anilines is 1. The van der Waals surface area contributed by atoms with Crippen LogP contribution in [0.5, 0.6) is 0 Å². The number of nitrogens with zero attached hydrogens (tertiary/aromatic N) is 2. The number of hydrogen-bond donors (Lipinski definition) is 1. The van der Waals surface area contributed by atoms with Crippen molar-refractivity contribution in [1.29, 1.82) is 0 Å². The third-order valence-electron chi connectivity index (χ3n) is 3.53. The van der Waals surface area contributed by atoms with Crippen molar-refractivity contribution >= 4 is 5.82 Å². The molecule has 94 valence electrons. The molecule has 17 heavy (non-hydrogen) atoms. The zero-order chi connectivity index (χ0) is 12.3. The van der Waals surface area contributed by atoms with Crippen molar-refractivity contribution in [3.63, 3.8) is 0 Å². The topological polar surface area (TPSA) is 51.4 Å². The minimum Gasteiger partial charge on any atom is -0.381 e. The quantitative estimate of drug-likeness (QED) is 0.859. The Morgan fingerprint density at radius 1 is 1.59 bits per heavy atom. The lowest BCUT2D eigenvalue weighted by atomic mass is 9.98. The molecular formula is C13H21N3O. The van der Waals surface area contributed by atoms with Gasteiger partial charge >= 0.3 is 0 Å². The number of pyridine rings is 1. The Morgan fingerprint density at radius 2 is 2.41 bits per heavy atom. The third kappa shape index (κ3) is 2.58. The molecule has 1 aliphatic heterocycles. The Balaban J connectivity index is 2.18. The lowest BCUT2D eigenvalue weighted by molar-refractivity contribution is 0.0707. The molecule has 4 nitrogen and oxygen atoms in total. The highest BCUT2D eigenvalue weighted by atomic mass is 16.5. The Kier molecular flexibility index (Phi) is 3.97. The van der Waals surface area contributed by atoms with Gasteiger partial charge in [0, 0.05) is 32.4 Å². The van der Waals surface area contributed by atoms with E-state index in [0.29, 0.717) is 18.7 Å². The van der Waals surface area contributed by atoms with Crippen LogP contribution >= 0.6 is 0 Å². The van der Waals surface area contributed by atoms with E-state index in [1.54, 1.807) is 7.11 Å². The van der Waals surface area contributed by atoms with Crippen LogP contribution in [0.3, 0.4) is 0 Å². The van der Waals surface area contributed by atoms with E-state index in [2.05, 4.69) is 22.9 Å². The van der Waals surface area contributed by atoms with E-state index >= 15 is 0 Å². The smallest absolute Gasteiger partial charge is 0.131 e. The molecule has 4 heteroatoms. The van der Waals surface area contributed by atoms with Crippen LogP contribution in [-0.2, 0) is 4.74 Å². The summed E-state index contributed by atoms with van der Waals surface area (Å²) >= 11 is 0. The maximum absolute atomic E-state index is 5.87. The molecule has 2 heterocycles. The summed E-state index contributed by atoms with van der Waals surface area (Å²) in [6.07, 6.45) is 4.22. The fourth-order valence-corrected chi connectivity index (χ4v) is 2.51. The molecule has 0 amide bonds. The summed E-state index contributed by atoms with van der Waals surface area (Å²) in [7, 11) is 1.78. The first-order valence-corrected chi connectivity index (χ1v) is 6.17. The molecule has 0 bridgehead atoms. The van der Waals surface area contributed by atoms with E-state index in [9.17, 15) is 0 Å². The van der Waals surface area contributed by atoms with Gasteiger partial charge in [0.15, 0.2) is 0 Å². The number of piperidine rings is 1. The maximum Gasteiger partial charge on any atom is 0.131 e. The Hall–Kier alpha value is -1.13. The number of methoxy groups -OCH3 is 1. The van der Waals surface area contributed by atoms with Crippen molar-refractivity contribution in [3.05, 3.63) is 23.9 Å². The number of rotatable bonds is 3. The van der Waals surface area contributed by atoms with E-state index in [-0.39, 0.29) is 0 Å². The van der Waals surface area contributed by atoms with Gasteiger partial charge in [-0.3, -0.25) is 0 Å². The van der Waals surface area contributed by atoms with Crippen LogP contribution < -0.4 is 10.6 Å². The van der Waals surface area contributed by atoms with Crippen LogP contribution in [-0.4, -0.2) is 37.3 Å². The fraction of sp³-hybridized carbons (Fsp3) is 0.615. The van der Waals surface area contributed by atoms with Gasteiger partial charge in [0.05, 0.1) is 6.10 Å². The van der Waals surface area contributed by atoms with E-state index in [4.69, 9.17) is 10.5 Å². The monoisotopic (exact) mass is 235 g/mol. The molecule has 0 aromatic carbocycles. The van der Waals surface area contributed by atoms with E-state index < -0.39 is 0 Å². The number of aryl methyl sites for hydroxylation is 1. The van der Waals surface area contributed by atoms with E-state index in [1.807, 2.05) is 12.3 Å². The Morgan fingerprint density at radius 3 is 3.06 bits per heavy atom. The van der Waals surface area contributed by atoms with Gasteiger partial charge in [0.2, 0.25) is 0 Å². The third-order valence-corrected chi connectivity index (χ3v) is 3.53. The molecule has 1 aromatic heterocycles. The SMILES string of the molecule is COC1CCN(c2ncccc2C)C(CN)C1. The first kappa shape index (κ1) is 12.3. The molecule has 1 fully saturated rings. The molecule has 1 saturated heterocycles. The molecule has 2 rings (SSSR count). The minimum atomic E-state index is 0.335. The number of nitrogens with two attached hydrogens (primary N) is 1. The average Bonchev–Trinajstić information content (AvgIpc) is 2.38. The lowest BCUT2D eigenvalue weighted by Gasteiger charge is -2.39. The van der Waals surface area contributed by atoms with Crippen LogP contribution in [0.25, 0.3) is 0 Å². The van der Waals surface area contributed by atoms with Gasteiger partial charge in [-0.15, -0.1) is 0 Å². The van der Waals surface area contributed by atoms with Crippen LogP contribution in [0.4, 0.5) is 5.82 Å². The highest BCUT2D eigenvalue weighted by molar-refractivity contribution is 5.47. The zero-order valence-corrected chi connectivity index (χ0v) is 10.6. The summed E-state index contributed by atoms with van der Waals surface area (Å²) in [6, 6.07) is 4.40.